The Morgan fingerprint density at radius 3 is 2.59 bits per heavy atom. The van der Waals surface area contributed by atoms with Crippen LogP contribution in [0.4, 0.5) is 9.80 Å². The zero-order valence-electron chi connectivity index (χ0n) is 16.0. The third-order valence-electron chi connectivity index (χ3n) is 4.22. The fraction of sp³-hybridized carbons (Fsp3) is 0.200. The molecule has 29 heavy (non-hydrogen) atoms. The van der Waals surface area contributed by atoms with Crippen LogP contribution in [0.5, 0.6) is 0 Å². The number of carbonyl (C=O) groups excluding carboxylic acids is 3. The first kappa shape index (κ1) is 20.3. The molecule has 8 nitrogen and oxygen atoms in total. The minimum atomic E-state index is -0.881. The summed E-state index contributed by atoms with van der Waals surface area (Å²) in [6, 6.07) is 8.25. The summed E-state index contributed by atoms with van der Waals surface area (Å²) in [5.41, 5.74) is 0.135. The van der Waals surface area contributed by atoms with E-state index in [9.17, 15) is 19.2 Å². The van der Waals surface area contributed by atoms with Gasteiger partial charge in [0.1, 0.15) is 16.1 Å². The Labute approximate surface area is 169 Å². The van der Waals surface area contributed by atoms with Crippen molar-refractivity contribution in [3.05, 3.63) is 62.3 Å². The number of thiophene rings is 1. The molecule has 2 N–H and O–H groups in total. The van der Waals surface area contributed by atoms with Crippen LogP contribution in [0.15, 0.2) is 39.5 Å². The number of carbonyl (C=O) groups is 3. The number of aryl methyl sites for hydroxylation is 1. The Bertz CT molecular complexity index is 1180. The van der Waals surface area contributed by atoms with Gasteiger partial charge in [0.2, 0.25) is 0 Å². The third-order valence-corrected chi connectivity index (χ3v) is 5.34. The van der Waals surface area contributed by atoms with Crippen molar-refractivity contribution in [1.29, 1.82) is 0 Å². The quantitative estimate of drug-likeness (QED) is 0.630. The number of fused-ring (bicyclic) bond motifs is 1. The van der Waals surface area contributed by atoms with Gasteiger partial charge in [0.15, 0.2) is 0 Å². The van der Waals surface area contributed by atoms with Crippen LogP contribution in [-0.4, -0.2) is 24.5 Å². The molecule has 9 heteroatoms. The van der Waals surface area contributed by atoms with Crippen LogP contribution in [0.3, 0.4) is 0 Å². The van der Waals surface area contributed by atoms with Gasteiger partial charge in [-0.2, -0.15) is 0 Å². The molecule has 0 aliphatic heterocycles. The molecule has 0 unspecified atom stereocenters. The third kappa shape index (κ3) is 4.19. The van der Waals surface area contributed by atoms with Gasteiger partial charge in [-0.25, -0.2) is 9.59 Å². The lowest BCUT2D eigenvalue weighted by atomic mass is 10.1. The summed E-state index contributed by atoms with van der Waals surface area (Å²) in [6.45, 7) is 5.21. The molecule has 0 saturated carbocycles. The smallest absolute Gasteiger partial charge is 0.414 e. The van der Waals surface area contributed by atoms with Crippen LogP contribution in [0.2, 0.25) is 0 Å². The molecule has 0 aliphatic carbocycles. The second-order valence-electron chi connectivity index (χ2n) is 6.10. The van der Waals surface area contributed by atoms with Crippen LogP contribution in [-0.2, 0) is 4.74 Å². The normalized spacial score (nSPS) is 10.6. The van der Waals surface area contributed by atoms with Gasteiger partial charge in [-0.1, -0.05) is 18.2 Å². The standard InChI is InChI=1S/C20H18N2O6S/c1-4-27-20(26)22-17(24)15-10(2)11(3)29-18(15)21-16(23)13-9-12-7-5-6-8-14(12)28-19(13)25/h5-9H,4H2,1-3H3,(H,21,23)(H,22,24,26). The van der Waals surface area contributed by atoms with E-state index in [1.54, 1.807) is 45.0 Å². The highest BCUT2D eigenvalue weighted by molar-refractivity contribution is 7.16. The molecular weight excluding hydrogens is 396 g/mol. The summed E-state index contributed by atoms with van der Waals surface area (Å²) in [5, 5.41) is 5.52. The molecule has 0 fully saturated rings. The molecule has 0 aliphatic rings. The zero-order chi connectivity index (χ0) is 21.1. The molecule has 0 atom stereocenters. The number of hydrogen-bond donors (Lipinski definition) is 2. The van der Waals surface area contributed by atoms with E-state index in [0.717, 1.165) is 16.2 Å². The molecule has 150 valence electrons. The molecule has 3 amide bonds. The van der Waals surface area contributed by atoms with E-state index in [1.165, 1.54) is 6.07 Å². The van der Waals surface area contributed by atoms with E-state index in [2.05, 4.69) is 10.6 Å². The van der Waals surface area contributed by atoms with E-state index in [-0.39, 0.29) is 22.7 Å². The van der Waals surface area contributed by atoms with Gasteiger partial charge in [-0.05, 0) is 38.5 Å². The summed E-state index contributed by atoms with van der Waals surface area (Å²) in [5.74, 6) is -1.41. The van der Waals surface area contributed by atoms with Crippen molar-refractivity contribution in [3.63, 3.8) is 0 Å². The Balaban J connectivity index is 1.92. The Morgan fingerprint density at radius 2 is 1.86 bits per heavy atom. The van der Waals surface area contributed by atoms with Gasteiger partial charge in [0, 0.05) is 10.3 Å². The van der Waals surface area contributed by atoms with E-state index in [1.807, 2.05) is 0 Å². The molecule has 1 aromatic carbocycles. The number of rotatable bonds is 4. The highest BCUT2D eigenvalue weighted by Crippen LogP contribution is 2.32. The van der Waals surface area contributed by atoms with Crippen LogP contribution >= 0.6 is 11.3 Å². The van der Waals surface area contributed by atoms with Crippen LogP contribution in [0, 0.1) is 13.8 Å². The van der Waals surface area contributed by atoms with E-state index in [0.29, 0.717) is 16.5 Å². The van der Waals surface area contributed by atoms with Crippen molar-refractivity contribution in [2.75, 3.05) is 11.9 Å². The maximum absolute atomic E-state index is 12.7. The van der Waals surface area contributed by atoms with Crippen molar-refractivity contribution >= 4 is 45.2 Å². The summed E-state index contributed by atoms with van der Waals surface area (Å²) >= 11 is 1.16. The topological polar surface area (TPSA) is 115 Å². The number of para-hydroxylation sites is 1. The predicted molar refractivity (Wildman–Crippen MR) is 109 cm³/mol. The fourth-order valence-corrected chi connectivity index (χ4v) is 3.75. The number of alkyl carbamates (subject to hydrolysis) is 1. The van der Waals surface area contributed by atoms with Crippen molar-refractivity contribution in [1.82, 2.24) is 5.32 Å². The maximum atomic E-state index is 12.7. The molecule has 0 saturated heterocycles. The molecule has 2 aromatic heterocycles. The first-order valence-corrected chi connectivity index (χ1v) is 9.55. The van der Waals surface area contributed by atoms with Crippen molar-refractivity contribution in [2.45, 2.75) is 20.8 Å². The molecular formula is C20H18N2O6S. The van der Waals surface area contributed by atoms with Crippen molar-refractivity contribution in [2.24, 2.45) is 0 Å². The fourth-order valence-electron chi connectivity index (χ4n) is 2.70. The number of nitrogens with one attached hydrogen (secondary N) is 2. The van der Waals surface area contributed by atoms with Crippen LogP contribution in [0.1, 0.15) is 38.1 Å². The second kappa shape index (κ2) is 8.27. The average molecular weight is 414 g/mol. The highest BCUT2D eigenvalue weighted by atomic mass is 32.1. The summed E-state index contributed by atoms with van der Waals surface area (Å²) in [7, 11) is 0. The number of anilines is 1. The molecule has 2 heterocycles. The Hall–Kier alpha value is -3.46. The van der Waals surface area contributed by atoms with Gasteiger partial charge in [0.05, 0.1) is 12.2 Å². The van der Waals surface area contributed by atoms with Gasteiger partial charge in [0.25, 0.3) is 11.8 Å². The number of imide groups is 1. The van der Waals surface area contributed by atoms with E-state index >= 15 is 0 Å². The van der Waals surface area contributed by atoms with Crippen molar-refractivity contribution in [3.8, 4) is 0 Å². The average Bonchev–Trinajstić information content (AvgIpc) is 2.94. The van der Waals surface area contributed by atoms with Crippen molar-refractivity contribution < 1.29 is 23.5 Å². The maximum Gasteiger partial charge on any atom is 0.414 e. The predicted octanol–water partition coefficient (Wildman–Crippen LogP) is 3.61. The lowest BCUT2D eigenvalue weighted by Crippen LogP contribution is -2.32. The number of amides is 3. The number of ether oxygens (including phenoxy) is 1. The number of benzene rings is 1. The molecule has 0 bridgehead atoms. The minimum Gasteiger partial charge on any atom is -0.450 e. The van der Waals surface area contributed by atoms with Crippen LogP contribution < -0.4 is 16.3 Å². The summed E-state index contributed by atoms with van der Waals surface area (Å²) in [6.07, 6.45) is -0.881. The van der Waals surface area contributed by atoms with E-state index in [4.69, 9.17) is 9.15 Å². The first-order chi connectivity index (χ1) is 13.8. The zero-order valence-corrected chi connectivity index (χ0v) is 16.8. The van der Waals surface area contributed by atoms with E-state index < -0.39 is 23.5 Å². The molecule has 0 spiro atoms. The van der Waals surface area contributed by atoms with Crippen LogP contribution in [0.25, 0.3) is 11.0 Å². The first-order valence-electron chi connectivity index (χ1n) is 8.74. The molecule has 3 aromatic rings. The second-order valence-corrected chi connectivity index (χ2v) is 7.33. The lowest BCUT2D eigenvalue weighted by molar-refractivity contribution is 0.0925. The highest BCUT2D eigenvalue weighted by Gasteiger charge is 2.24. The largest absolute Gasteiger partial charge is 0.450 e. The SMILES string of the molecule is CCOC(=O)NC(=O)c1c(NC(=O)c2cc3ccccc3oc2=O)sc(C)c1C. The lowest BCUT2D eigenvalue weighted by Gasteiger charge is -2.08. The number of hydrogen-bond acceptors (Lipinski definition) is 7. The Kier molecular flexibility index (Phi) is 5.79. The summed E-state index contributed by atoms with van der Waals surface area (Å²) < 4.78 is 9.90. The molecule has 0 radical (unpaired) electrons. The van der Waals surface area contributed by atoms with Gasteiger partial charge < -0.3 is 14.5 Å². The monoisotopic (exact) mass is 414 g/mol. The summed E-state index contributed by atoms with van der Waals surface area (Å²) in [4.78, 5) is 49.8. The van der Waals surface area contributed by atoms with Gasteiger partial charge >= 0.3 is 11.7 Å². The van der Waals surface area contributed by atoms with Gasteiger partial charge in [-0.3, -0.25) is 14.9 Å². The minimum absolute atomic E-state index is 0.113. The molecule has 3 rings (SSSR count). The Morgan fingerprint density at radius 1 is 1.14 bits per heavy atom. The van der Waals surface area contributed by atoms with Gasteiger partial charge in [-0.15, -0.1) is 11.3 Å².